The Balaban J connectivity index is 2.59. The summed E-state index contributed by atoms with van der Waals surface area (Å²) in [6.07, 6.45) is 0.739. The third-order valence-electron chi connectivity index (χ3n) is 2.11. The van der Waals surface area contributed by atoms with Crippen molar-refractivity contribution in [2.75, 3.05) is 7.11 Å². The van der Waals surface area contributed by atoms with E-state index in [2.05, 4.69) is 9.84 Å². The molecule has 1 aromatic carbocycles. The van der Waals surface area contributed by atoms with Crippen LogP contribution in [0.2, 0.25) is 0 Å². The van der Waals surface area contributed by atoms with Gasteiger partial charge >= 0.3 is 6.09 Å². The molecule has 0 spiro atoms. The number of ether oxygens (including phenoxy) is 1. The molecule has 16 heavy (non-hydrogen) atoms. The van der Waals surface area contributed by atoms with Gasteiger partial charge in [-0.2, -0.15) is 9.78 Å². The summed E-state index contributed by atoms with van der Waals surface area (Å²) in [5.41, 5.74) is 0.425. The molecule has 0 aliphatic heterocycles. The van der Waals surface area contributed by atoms with E-state index in [-0.39, 0.29) is 5.69 Å². The summed E-state index contributed by atoms with van der Waals surface area (Å²) < 4.78 is 5.55. The Morgan fingerprint density at radius 1 is 1.56 bits per heavy atom. The van der Waals surface area contributed by atoms with Crippen LogP contribution in [-0.2, 0) is 4.74 Å². The molecule has 0 aliphatic rings. The van der Waals surface area contributed by atoms with Crippen molar-refractivity contribution in [3.63, 3.8) is 0 Å². The molecule has 1 aromatic heterocycles. The number of nitro groups is 1. The van der Waals surface area contributed by atoms with E-state index >= 15 is 0 Å². The lowest BCUT2D eigenvalue weighted by molar-refractivity contribution is -0.384. The van der Waals surface area contributed by atoms with Gasteiger partial charge in [0.15, 0.2) is 0 Å². The highest BCUT2D eigenvalue weighted by atomic mass is 16.6. The molecule has 7 nitrogen and oxygen atoms in total. The molecule has 2 rings (SSSR count). The first-order valence-electron chi connectivity index (χ1n) is 4.34. The maximum Gasteiger partial charge on any atom is 0.434 e. The van der Waals surface area contributed by atoms with Crippen molar-refractivity contribution in [2.45, 2.75) is 0 Å². The maximum atomic E-state index is 11.3. The second kappa shape index (κ2) is 3.61. The van der Waals surface area contributed by atoms with Gasteiger partial charge in [0.2, 0.25) is 0 Å². The number of methoxy groups -OCH3 is 1. The third kappa shape index (κ3) is 1.48. The number of carbonyl (C=O) groups is 1. The summed E-state index contributed by atoms with van der Waals surface area (Å²) in [4.78, 5) is 21.3. The van der Waals surface area contributed by atoms with Crippen molar-refractivity contribution in [1.82, 2.24) is 9.78 Å². The summed E-state index contributed by atoms with van der Waals surface area (Å²) in [6.45, 7) is 0. The zero-order valence-electron chi connectivity index (χ0n) is 8.28. The van der Waals surface area contributed by atoms with Gasteiger partial charge < -0.3 is 4.74 Å². The maximum absolute atomic E-state index is 11.3. The second-order valence-electron chi connectivity index (χ2n) is 3.03. The normalized spacial score (nSPS) is 10.3. The van der Waals surface area contributed by atoms with Gasteiger partial charge in [0.1, 0.15) is 0 Å². The van der Waals surface area contributed by atoms with Crippen LogP contribution in [-0.4, -0.2) is 27.9 Å². The van der Waals surface area contributed by atoms with Crippen LogP contribution in [0, 0.1) is 10.1 Å². The lowest BCUT2D eigenvalue weighted by Crippen LogP contribution is -2.12. The largest absolute Gasteiger partial charge is 0.451 e. The molecule has 0 aliphatic carbocycles. The molecular formula is C9H7N3O4. The number of fused-ring (bicyclic) bond motifs is 1. The molecule has 0 radical (unpaired) electrons. The smallest absolute Gasteiger partial charge is 0.434 e. The van der Waals surface area contributed by atoms with Gasteiger partial charge in [-0.3, -0.25) is 10.1 Å². The van der Waals surface area contributed by atoms with E-state index in [0.717, 1.165) is 4.68 Å². The van der Waals surface area contributed by atoms with E-state index in [9.17, 15) is 14.9 Å². The first-order valence-corrected chi connectivity index (χ1v) is 4.34. The standard InChI is InChI=1S/C9H7N3O4/c1-16-9(13)11-8-3-2-7(12(14)15)4-6(8)5-10-11/h2-5H,1H3. The molecule has 0 amide bonds. The molecule has 0 N–H and O–H groups in total. The average molecular weight is 221 g/mol. The van der Waals surface area contributed by atoms with Crippen molar-refractivity contribution < 1.29 is 14.5 Å². The summed E-state index contributed by atoms with van der Waals surface area (Å²) in [6, 6.07) is 4.11. The molecule has 2 aromatic rings. The van der Waals surface area contributed by atoms with E-state index in [1.54, 1.807) is 0 Å². The first-order chi connectivity index (χ1) is 7.63. The molecule has 7 heteroatoms. The zero-order valence-corrected chi connectivity index (χ0v) is 8.28. The van der Waals surface area contributed by atoms with E-state index < -0.39 is 11.0 Å². The number of hydrogen-bond acceptors (Lipinski definition) is 5. The number of aromatic nitrogens is 2. The minimum Gasteiger partial charge on any atom is -0.451 e. The Bertz CT molecular complexity index is 575. The minimum atomic E-state index is -0.635. The van der Waals surface area contributed by atoms with Crippen LogP contribution in [0.25, 0.3) is 10.9 Å². The minimum absolute atomic E-state index is 0.0445. The van der Waals surface area contributed by atoms with Crippen molar-refractivity contribution in [3.05, 3.63) is 34.5 Å². The summed E-state index contributed by atoms with van der Waals surface area (Å²) in [5, 5.41) is 14.8. The van der Waals surface area contributed by atoms with Crippen LogP contribution in [0.15, 0.2) is 24.4 Å². The summed E-state index contributed by atoms with van der Waals surface area (Å²) >= 11 is 0. The van der Waals surface area contributed by atoms with Crippen molar-refractivity contribution >= 4 is 22.7 Å². The SMILES string of the molecule is COC(=O)n1ncc2cc([N+](=O)[O-])ccc21. The number of nitro benzene ring substituents is 1. The monoisotopic (exact) mass is 221 g/mol. The highest BCUT2D eigenvalue weighted by Crippen LogP contribution is 2.20. The summed E-state index contributed by atoms with van der Waals surface area (Å²) in [5.74, 6) is 0. The Kier molecular flexibility index (Phi) is 2.28. The molecule has 0 saturated carbocycles. The third-order valence-corrected chi connectivity index (χ3v) is 2.11. The number of benzene rings is 1. The molecular weight excluding hydrogens is 214 g/mol. The van der Waals surface area contributed by atoms with Gasteiger partial charge in [-0.05, 0) is 6.07 Å². The van der Waals surface area contributed by atoms with Crippen molar-refractivity contribution in [1.29, 1.82) is 0 Å². The molecule has 82 valence electrons. The Hall–Kier alpha value is -2.44. The predicted molar refractivity (Wildman–Crippen MR) is 54.2 cm³/mol. The van der Waals surface area contributed by atoms with Crippen LogP contribution in [0.1, 0.15) is 0 Å². The van der Waals surface area contributed by atoms with Crippen molar-refractivity contribution in [2.24, 2.45) is 0 Å². The highest BCUT2D eigenvalue weighted by Gasteiger charge is 2.13. The fourth-order valence-corrected chi connectivity index (χ4v) is 1.37. The van der Waals surface area contributed by atoms with Gasteiger partial charge in [0.25, 0.3) is 5.69 Å². The lowest BCUT2D eigenvalue weighted by atomic mass is 10.2. The Morgan fingerprint density at radius 2 is 2.31 bits per heavy atom. The Morgan fingerprint density at radius 3 is 2.94 bits per heavy atom. The molecule has 0 unspecified atom stereocenters. The number of nitrogens with zero attached hydrogens (tertiary/aromatic N) is 3. The fourth-order valence-electron chi connectivity index (χ4n) is 1.37. The molecule has 0 fully saturated rings. The molecule has 0 saturated heterocycles. The van der Waals surface area contributed by atoms with Gasteiger partial charge in [0.05, 0.1) is 23.7 Å². The number of carbonyl (C=O) groups excluding carboxylic acids is 1. The van der Waals surface area contributed by atoms with Gasteiger partial charge in [-0.15, -0.1) is 0 Å². The van der Waals surface area contributed by atoms with E-state index in [1.807, 2.05) is 0 Å². The fraction of sp³-hybridized carbons (Fsp3) is 0.111. The van der Waals surface area contributed by atoms with Gasteiger partial charge in [-0.25, -0.2) is 4.79 Å². The van der Waals surface area contributed by atoms with E-state index in [1.165, 1.54) is 31.5 Å². The molecule has 0 bridgehead atoms. The number of rotatable bonds is 1. The topological polar surface area (TPSA) is 87.3 Å². The quantitative estimate of drug-likeness (QED) is 0.538. The molecule has 0 atom stereocenters. The van der Waals surface area contributed by atoms with Crippen LogP contribution in [0.3, 0.4) is 0 Å². The van der Waals surface area contributed by atoms with Crippen molar-refractivity contribution in [3.8, 4) is 0 Å². The number of hydrogen-bond donors (Lipinski definition) is 0. The number of non-ortho nitro benzene ring substituents is 1. The Labute approximate surface area is 89.4 Å². The second-order valence-corrected chi connectivity index (χ2v) is 3.03. The van der Waals surface area contributed by atoms with Crippen LogP contribution >= 0.6 is 0 Å². The van der Waals surface area contributed by atoms with Crippen LogP contribution in [0.5, 0.6) is 0 Å². The summed E-state index contributed by atoms with van der Waals surface area (Å²) in [7, 11) is 1.24. The average Bonchev–Trinajstić information content (AvgIpc) is 2.70. The van der Waals surface area contributed by atoms with Gasteiger partial charge in [-0.1, -0.05) is 0 Å². The van der Waals surface area contributed by atoms with Crippen LogP contribution < -0.4 is 0 Å². The first kappa shape index (κ1) is 10.1. The van der Waals surface area contributed by atoms with Gasteiger partial charge in [0, 0.05) is 17.5 Å². The lowest BCUT2D eigenvalue weighted by Gasteiger charge is -1.99. The predicted octanol–water partition coefficient (Wildman–Crippen LogP) is 1.56. The van der Waals surface area contributed by atoms with E-state index in [0.29, 0.717) is 10.9 Å². The van der Waals surface area contributed by atoms with Crippen LogP contribution in [0.4, 0.5) is 10.5 Å². The van der Waals surface area contributed by atoms with E-state index in [4.69, 9.17) is 0 Å². The molecule has 1 heterocycles. The zero-order chi connectivity index (χ0) is 11.7. The highest BCUT2D eigenvalue weighted by molar-refractivity contribution is 5.88.